The van der Waals surface area contributed by atoms with Crippen LogP contribution in [0.2, 0.25) is 0 Å². The van der Waals surface area contributed by atoms with Crippen LogP contribution in [0.3, 0.4) is 0 Å². The monoisotopic (exact) mass is 472 g/mol. The standard InChI is InChI=1S/C26H33BrO3/c1-2-3-4-5-6-7-8-9-10-11-20-30-24-18-14-22(15-19-24)26(29)25(28)21-12-16-23(27)17-13-21/h12-19H,2-11,20H2,1H3. The van der Waals surface area contributed by atoms with Crippen molar-refractivity contribution in [2.75, 3.05) is 6.61 Å². The third-order valence-corrected chi connectivity index (χ3v) is 5.72. The van der Waals surface area contributed by atoms with E-state index in [9.17, 15) is 9.59 Å². The van der Waals surface area contributed by atoms with E-state index in [4.69, 9.17) is 4.74 Å². The summed E-state index contributed by atoms with van der Waals surface area (Å²) >= 11 is 3.33. The van der Waals surface area contributed by atoms with Gasteiger partial charge in [-0.25, -0.2) is 0 Å². The van der Waals surface area contributed by atoms with Gasteiger partial charge in [-0.05, 0) is 55.0 Å². The number of unbranched alkanes of at least 4 members (excludes halogenated alkanes) is 9. The van der Waals surface area contributed by atoms with Gasteiger partial charge in [-0.15, -0.1) is 0 Å². The van der Waals surface area contributed by atoms with Gasteiger partial charge < -0.3 is 4.74 Å². The van der Waals surface area contributed by atoms with Gasteiger partial charge in [0.2, 0.25) is 11.6 Å². The number of carbonyl (C=O) groups is 2. The zero-order chi connectivity index (χ0) is 21.6. The van der Waals surface area contributed by atoms with E-state index in [1.807, 2.05) is 0 Å². The number of rotatable bonds is 15. The van der Waals surface area contributed by atoms with E-state index >= 15 is 0 Å². The van der Waals surface area contributed by atoms with Gasteiger partial charge in [-0.1, -0.05) is 80.6 Å². The molecule has 0 radical (unpaired) electrons. The summed E-state index contributed by atoms with van der Waals surface area (Å²) in [6, 6.07) is 13.6. The number of Topliss-reactive ketones (excluding diaryl/α,β-unsaturated/α-hetero) is 2. The SMILES string of the molecule is CCCCCCCCCCCCOc1ccc(C(=O)C(=O)c2ccc(Br)cc2)cc1. The minimum atomic E-state index is -0.501. The third kappa shape index (κ3) is 8.83. The van der Waals surface area contributed by atoms with Crippen LogP contribution in [0, 0.1) is 0 Å². The second-order valence-corrected chi connectivity index (χ2v) is 8.64. The lowest BCUT2D eigenvalue weighted by atomic mass is 10.0. The molecule has 0 aliphatic heterocycles. The number of ketones is 2. The van der Waals surface area contributed by atoms with Gasteiger partial charge in [0, 0.05) is 15.6 Å². The molecule has 2 rings (SSSR count). The smallest absolute Gasteiger partial charge is 0.233 e. The first-order valence-electron chi connectivity index (χ1n) is 11.2. The number of ether oxygens (including phenoxy) is 1. The summed E-state index contributed by atoms with van der Waals surface area (Å²) in [5.41, 5.74) is 0.777. The number of hydrogen-bond donors (Lipinski definition) is 0. The van der Waals surface area contributed by atoms with Crippen LogP contribution >= 0.6 is 15.9 Å². The van der Waals surface area contributed by atoms with Crippen molar-refractivity contribution in [1.29, 1.82) is 0 Å². The van der Waals surface area contributed by atoms with Crippen molar-refractivity contribution < 1.29 is 14.3 Å². The van der Waals surface area contributed by atoms with E-state index in [0.717, 1.165) is 16.6 Å². The molecule has 0 unspecified atom stereocenters. The highest BCUT2D eigenvalue weighted by Gasteiger charge is 2.18. The van der Waals surface area contributed by atoms with E-state index in [1.54, 1.807) is 48.5 Å². The Labute approximate surface area is 189 Å². The molecule has 0 amide bonds. The van der Waals surface area contributed by atoms with Crippen LogP contribution in [0.4, 0.5) is 0 Å². The zero-order valence-electron chi connectivity index (χ0n) is 18.0. The number of carbonyl (C=O) groups excluding carboxylic acids is 2. The molecule has 162 valence electrons. The lowest BCUT2D eigenvalue weighted by Gasteiger charge is -2.07. The fourth-order valence-electron chi connectivity index (χ4n) is 3.35. The van der Waals surface area contributed by atoms with Crippen LogP contribution in [0.15, 0.2) is 53.0 Å². The molecule has 0 heterocycles. The van der Waals surface area contributed by atoms with E-state index in [-0.39, 0.29) is 0 Å². The first kappa shape index (κ1) is 24.3. The lowest BCUT2D eigenvalue weighted by Crippen LogP contribution is -2.14. The molecule has 30 heavy (non-hydrogen) atoms. The van der Waals surface area contributed by atoms with E-state index in [0.29, 0.717) is 17.7 Å². The summed E-state index contributed by atoms with van der Waals surface area (Å²) in [7, 11) is 0. The predicted molar refractivity (Wildman–Crippen MR) is 127 cm³/mol. The summed E-state index contributed by atoms with van der Waals surface area (Å²) in [6.45, 7) is 2.93. The molecule has 0 aliphatic rings. The van der Waals surface area contributed by atoms with Crippen LogP contribution in [0.5, 0.6) is 5.75 Å². The van der Waals surface area contributed by atoms with Crippen LogP contribution < -0.4 is 4.74 Å². The number of benzene rings is 2. The Bertz CT molecular complexity index is 766. The van der Waals surface area contributed by atoms with Crippen molar-refractivity contribution in [1.82, 2.24) is 0 Å². The number of hydrogen-bond acceptors (Lipinski definition) is 3. The fraction of sp³-hybridized carbons (Fsp3) is 0.462. The molecule has 3 nitrogen and oxygen atoms in total. The molecule has 0 spiro atoms. The van der Waals surface area contributed by atoms with Crippen molar-refractivity contribution in [3.63, 3.8) is 0 Å². The van der Waals surface area contributed by atoms with E-state index in [2.05, 4.69) is 22.9 Å². The Morgan fingerprint density at radius 3 is 1.60 bits per heavy atom. The third-order valence-electron chi connectivity index (χ3n) is 5.20. The second kappa shape index (κ2) is 14.1. The van der Waals surface area contributed by atoms with E-state index < -0.39 is 11.6 Å². The molecule has 2 aromatic rings. The molecule has 0 N–H and O–H groups in total. The van der Waals surface area contributed by atoms with Crippen molar-refractivity contribution in [3.05, 3.63) is 64.1 Å². The maximum atomic E-state index is 12.4. The van der Waals surface area contributed by atoms with Crippen LogP contribution in [0.25, 0.3) is 0 Å². The quantitative estimate of drug-likeness (QED) is 0.150. The molecule has 2 aromatic carbocycles. The van der Waals surface area contributed by atoms with Crippen molar-refractivity contribution in [3.8, 4) is 5.75 Å². The predicted octanol–water partition coefficient (Wildman–Crippen LogP) is 7.81. The fourth-order valence-corrected chi connectivity index (χ4v) is 3.61. The maximum Gasteiger partial charge on any atom is 0.233 e. The largest absolute Gasteiger partial charge is 0.494 e. The lowest BCUT2D eigenvalue weighted by molar-refractivity contribution is 0.0817. The Kier molecular flexibility index (Phi) is 11.5. The highest BCUT2D eigenvalue weighted by molar-refractivity contribution is 9.10. The van der Waals surface area contributed by atoms with Crippen molar-refractivity contribution in [2.45, 2.75) is 71.1 Å². The minimum absolute atomic E-state index is 0.384. The minimum Gasteiger partial charge on any atom is -0.494 e. The number of halogens is 1. The topological polar surface area (TPSA) is 43.4 Å². The highest BCUT2D eigenvalue weighted by atomic mass is 79.9. The Morgan fingerprint density at radius 2 is 1.10 bits per heavy atom. The average molecular weight is 473 g/mol. The maximum absolute atomic E-state index is 12.4. The first-order chi connectivity index (χ1) is 14.6. The van der Waals surface area contributed by atoms with Crippen molar-refractivity contribution in [2.24, 2.45) is 0 Å². The summed E-state index contributed by atoms with van der Waals surface area (Å²) in [5, 5.41) is 0. The molecule has 0 saturated carbocycles. The zero-order valence-corrected chi connectivity index (χ0v) is 19.6. The van der Waals surface area contributed by atoms with Gasteiger partial charge in [0.05, 0.1) is 6.61 Å². The van der Waals surface area contributed by atoms with Gasteiger partial charge in [-0.3, -0.25) is 9.59 Å². The molecule has 0 aromatic heterocycles. The van der Waals surface area contributed by atoms with E-state index in [1.165, 1.54) is 57.8 Å². The van der Waals surface area contributed by atoms with Gasteiger partial charge in [0.1, 0.15) is 5.75 Å². The molecule has 4 heteroatoms. The van der Waals surface area contributed by atoms with Crippen LogP contribution in [-0.2, 0) is 0 Å². The van der Waals surface area contributed by atoms with Gasteiger partial charge in [-0.2, -0.15) is 0 Å². The second-order valence-electron chi connectivity index (χ2n) is 7.72. The van der Waals surface area contributed by atoms with Gasteiger partial charge in [0.15, 0.2) is 0 Å². The Morgan fingerprint density at radius 1 is 0.667 bits per heavy atom. The summed E-state index contributed by atoms with van der Waals surface area (Å²) in [6.07, 6.45) is 13.0. The summed E-state index contributed by atoms with van der Waals surface area (Å²) in [5.74, 6) is -0.265. The highest BCUT2D eigenvalue weighted by Crippen LogP contribution is 2.17. The normalized spacial score (nSPS) is 10.7. The average Bonchev–Trinajstić information content (AvgIpc) is 2.77. The Hall–Kier alpha value is -1.94. The summed E-state index contributed by atoms with van der Waals surface area (Å²) < 4.78 is 6.64. The summed E-state index contributed by atoms with van der Waals surface area (Å²) in [4.78, 5) is 24.7. The molecule has 0 aliphatic carbocycles. The molecular weight excluding hydrogens is 440 g/mol. The Balaban J connectivity index is 1.63. The van der Waals surface area contributed by atoms with Crippen molar-refractivity contribution >= 4 is 27.5 Å². The van der Waals surface area contributed by atoms with Gasteiger partial charge in [0.25, 0.3) is 0 Å². The first-order valence-corrected chi connectivity index (χ1v) is 12.0. The molecular formula is C26H33BrO3. The van der Waals surface area contributed by atoms with Gasteiger partial charge >= 0.3 is 0 Å². The molecule has 0 atom stereocenters. The van der Waals surface area contributed by atoms with Crippen LogP contribution in [-0.4, -0.2) is 18.2 Å². The molecule has 0 fully saturated rings. The van der Waals surface area contributed by atoms with Crippen LogP contribution in [0.1, 0.15) is 91.8 Å². The molecule has 0 bridgehead atoms. The molecule has 0 saturated heterocycles.